The molecule has 0 atom stereocenters. The molecule has 0 radical (unpaired) electrons. The van der Waals surface area contributed by atoms with Crippen LogP contribution in [0.2, 0.25) is 0 Å². The molecular formula is C35H23N6+. The molecule has 41 heavy (non-hydrogen) atoms. The molecule has 0 aliphatic carbocycles. The standard InChI is InChI=1S/C35H23N6/c1-2-8-24(9-3-1)29-15-13-25-11-12-26-14-16-30(39-34(26)33(25)38-29)27-17-19-37-32(22-27)35-28(31-10-4-5-18-36-31)23-40-20-6-7-21-41(35)40/h1-23H/q+1. The summed E-state index contributed by atoms with van der Waals surface area (Å²) < 4.78 is 4.14. The largest absolute Gasteiger partial charge is 0.256 e. The smallest absolute Gasteiger partial charge is 0.212 e. The van der Waals surface area contributed by atoms with Gasteiger partial charge in [0.05, 0.1) is 45.6 Å². The van der Waals surface area contributed by atoms with Crippen molar-refractivity contribution in [2.75, 3.05) is 0 Å². The molecule has 0 fully saturated rings. The van der Waals surface area contributed by atoms with Crippen molar-refractivity contribution < 1.29 is 4.52 Å². The first kappa shape index (κ1) is 23.2. The quantitative estimate of drug-likeness (QED) is 0.181. The van der Waals surface area contributed by atoms with Gasteiger partial charge in [0, 0.05) is 40.4 Å². The number of fused-ring (bicyclic) bond motifs is 4. The van der Waals surface area contributed by atoms with Crippen LogP contribution < -0.4 is 4.52 Å². The molecule has 0 bridgehead atoms. The summed E-state index contributed by atoms with van der Waals surface area (Å²) >= 11 is 0. The zero-order chi connectivity index (χ0) is 27.2. The Morgan fingerprint density at radius 3 is 2.00 bits per heavy atom. The summed E-state index contributed by atoms with van der Waals surface area (Å²) in [4.78, 5) is 19.6. The van der Waals surface area contributed by atoms with Gasteiger partial charge in [-0.1, -0.05) is 65.2 Å². The van der Waals surface area contributed by atoms with Crippen molar-refractivity contribution in [3.63, 3.8) is 0 Å². The monoisotopic (exact) mass is 527 g/mol. The summed E-state index contributed by atoms with van der Waals surface area (Å²) in [6, 6.07) is 37.0. The third kappa shape index (κ3) is 4.01. The minimum absolute atomic E-state index is 0.839. The number of rotatable bonds is 4. The number of benzene rings is 2. The number of hydrogen-bond acceptors (Lipinski definition) is 4. The fraction of sp³-hybridized carbons (Fsp3) is 0. The van der Waals surface area contributed by atoms with Gasteiger partial charge in [-0.15, -0.1) is 4.52 Å². The van der Waals surface area contributed by atoms with Crippen molar-refractivity contribution in [3.05, 3.63) is 140 Å². The van der Waals surface area contributed by atoms with Gasteiger partial charge in [0.2, 0.25) is 12.4 Å². The van der Waals surface area contributed by atoms with Crippen LogP contribution in [0.15, 0.2) is 140 Å². The highest BCUT2D eigenvalue weighted by molar-refractivity contribution is 6.04. The SMILES string of the molecule is c1ccc(-c2ccc3ccc4ccc(-c5ccnc(-c6c(-c7ccccn7)c[n+]7ccccn67)c5)nc4c3n2)cc1. The molecule has 192 valence electrons. The Kier molecular flexibility index (Phi) is 5.35. The minimum atomic E-state index is 0.839. The van der Waals surface area contributed by atoms with E-state index in [1.807, 2.05) is 83.9 Å². The molecule has 0 spiro atoms. The van der Waals surface area contributed by atoms with Crippen LogP contribution in [0, 0.1) is 0 Å². The zero-order valence-corrected chi connectivity index (χ0v) is 22.0. The molecule has 0 unspecified atom stereocenters. The summed E-state index contributed by atoms with van der Waals surface area (Å²) in [6.07, 6.45) is 9.80. The number of pyridine rings is 4. The first-order valence-corrected chi connectivity index (χ1v) is 13.5. The van der Waals surface area contributed by atoms with Gasteiger partial charge in [-0.05, 0) is 42.5 Å². The molecule has 6 heterocycles. The van der Waals surface area contributed by atoms with Gasteiger partial charge in [0.1, 0.15) is 5.69 Å². The molecule has 0 aliphatic rings. The van der Waals surface area contributed by atoms with Gasteiger partial charge in [0.25, 0.3) is 0 Å². The zero-order valence-electron chi connectivity index (χ0n) is 22.0. The predicted molar refractivity (Wildman–Crippen MR) is 161 cm³/mol. The van der Waals surface area contributed by atoms with E-state index < -0.39 is 0 Å². The van der Waals surface area contributed by atoms with Crippen molar-refractivity contribution in [2.24, 2.45) is 0 Å². The van der Waals surface area contributed by atoms with Crippen LogP contribution in [0.5, 0.6) is 0 Å². The molecule has 0 saturated heterocycles. The predicted octanol–water partition coefficient (Wildman–Crippen LogP) is 7.08. The van der Waals surface area contributed by atoms with E-state index in [-0.39, 0.29) is 0 Å². The summed E-state index contributed by atoms with van der Waals surface area (Å²) in [5.41, 5.74) is 9.34. The van der Waals surface area contributed by atoms with Gasteiger partial charge < -0.3 is 0 Å². The van der Waals surface area contributed by atoms with Gasteiger partial charge in [0.15, 0.2) is 0 Å². The molecule has 6 aromatic heterocycles. The first-order chi connectivity index (χ1) is 20.3. The molecule has 2 aromatic carbocycles. The average molecular weight is 528 g/mol. The molecular weight excluding hydrogens is 504 g/mol. The second kappa shape index (κ2) is 9.47. The molecule has 8 rings (SSSR count). The van der Waals surface area contributed by atoms with Crippen molar-refractivity contribution in [1.82, 2.24) is 24.5 Å². The van der Waals surface area contributed by atoms with Crippen molar-refractivity contribution in [1.29, 1.82) is 0 Å². The Balaban J connectivity index is 1.29. The number of nitrogens with zero attached hydrogens (tertiary/aromatic N) is 6. The van der Waals surface area contributed by atoms with Crippen LogP contribution >= 0.6 is 0 Å². The Morgan fingerprint density at radius 1 is 0.537 bits per heavy atom. The highest BCUT2D eigenvalue weighted by Crippen LogP contribution is 2.32. The molecule has 6 nitrogen and oxygen atoms in total. The molecule has 8 aromatic rings. The van der Waals surface area contributed by atoms with Crippen LogP contribution in [0.1, 0.15) is 0 Å². The van der Waals surface area contributed by atoms with Crippen molar-refractivity contribution in [3.8, 4) is 45.2 Å². The van der Waals surface area contributed by atoms with Crippen LogP contribution in [-0.2, 0) is 0 Å². The van der Waals surface area contributed by atoms with E-state index in [1.54, 1.807) is 0 Å². The molecule has 6 heteroatoms. The summed E-state index contributed by atoms with van der Waals surface area (Å²) in [7, 11) is 0. The third-order valence-electron chi connectivity index (χ3n) is 7.40. The Hall–Kier alpha value is -5.75. The van der Waals surface area contributed by atoms with Gasteiger partial charge in [-0.2, -0.15) is 0 Å². The fourth-order valence-electron chi connectivity index (χ4n) is 5.41. The Labute approximate surface area is 235 Å². The highest BCUT2D eigenvalue weighted by atomic mass is 15.3. The highest BCUT2D eigenvalue weighted by Gasteiger charge is 2.22. The molecule has 0 amide bonds. The van der Waals surface area contributed by atoms with Crippen LogP contribution in [-0.4, -0.2) is 24.5 Å². The maximum absolute atomic E-state index is 5.16. The van der Waals surface area contributed by atoms with E-state index in [1.165, 1.54) is 0 Å². The van der Waals surface area contributed by atoms with E-state index >= 15 is 0 Å². The Bertz CT molecular complexity index is 2200. The first-order valence-electron chi connectivity index (χ1n) is 13.5. The third-order valence-corrected chi connectivity index (χ3v) is 7.40. The van der Waals surface area contributed by atoms with E-state index in [4.69, 9.17) is 15.0 Å². The van der Waals surface area contributed by atoms with E-state index in [0.717, 1.165) is 67.0 Å². The summed E-state index contributed by atoms with van der Waals surface area (Å²) in [6.45, 7) is 0. The maximum Gasteiger partial charge on any atom is 0.212 e. The minimum Gasteiger partial charge on any atom is -0.256 e. The molecule has 0 saturated carbocycles. The van der Waals surface area contributed by atoms with E-state index in [9.17, 15) is 0 Å². The number of hydrogen-bond donors (Lipinski definition) is 0. The maximum atomic E-state index is 5.16. The normalized spacial score (nSPS) is 11.4. The summed E-state index contributed by atoms with van der Waals surface area (Å²) in [5, 5.41) is 2.12. The van der Waals surface area contributed by atoms with E-state index in [2.05, 4.69) is 70.3 Å². The lowest BCUT2D eigenvalue weighted by atomic mass is 10.0. The van der Waals surface area contributed by atoms with E-state index in [0.29, 0.717) is 0 Å². The van der Waals surface area contributed by atoms with Gasteiger partial charge >= 0.3 is 0 Å². The van der Waals surface area contributed by atoms with Crippen LogP contribution in [0.3, 0.4) is 0 Å². The lowest BCUT2D eigenvalue weighted by Gasteiger charge is -2.09. The fourth-order valence-corrected chi connectivity index (χ4v) is 5.41. The average Bonchev–Trinajstić information content (AvgIpc) is 3.45. The second-order valence-corrected chi connectivity index (χ2v) is 9.91. The lowest BCUT2D eigenvalue weighted by molar-refractivity contribution is -0.616. The lowest BCUT2D eigenvalue weighted by Crippen LogP contribution is -2.26. The van der Waals surface area contributed by atoms with Gasteiger partial charge in [-0.25, -0.2) is 9.97 Å². The second-order valence-electron chi connectivity index (χ2n) is 9.91. The summed E-state index contributed by atoms with van der Waals surface area (Å²) in [5.74, 6) is 0. The number of aromatic nitrogens is 6. The Morgan fingerprint density at radius 2 is 1.24 bits per heavy atom. The van der Waals surface area contributed by atoms with Crippen molar-refractivity contribution in [2.45, 2.75) is 0 Å². The van der Waals surface area contributed by atoms with Crippen molar-refractivity contribution >= 4 is 21.8 Å². The van der Waals surface area contributed by atoms with Gasteiger partial charge in [-0.3, -0.25) is 9.97 Å². The van der Waals surface area contributed by atoms with Crippen LogP contribution in [0.4, 0.5) is 0 Å². The molecule has 0 N–H and O–H groups in total. The van der Waals surface area contributed by atoms with Crippen LogP contribution in [0.25, 0.3) is 67.0 Å². The topological polar surface area (TPSA) is 60.1 Å². The molecule has 0 aliphatic heterocycles.